The second-order valence-electron chi connectivity index (χ2n) is 10.5. The molecule has 1 saturated carbocycles. The molecule has 6 rings (SSSR count). The summed E-state index contributed by atoms with van der Waals surface area (Å²) in [6.45, 7) is 7.94. The largest absolute Gasteiger partial charge is 0.444 e. The number of amides is 2. The summed E-state index contributed by atoms with van der Waals surface area (Å²) >= 11 is 3.34. The van der Waals surface area contributed by atoms with E-state index in [1.165, 1.54) is 0 Å². The number of ether oxygens (including phenoxy) is 1. The van der Waals surface area contributed by atoms with E-state index in [1.54, 1.807) is 11.8 Å². The minimum absolute atomic E-state index is 0.0772. The van der Waals surface area contributed by atoms with Gasteiger partial charge in [-0.15, -0.1) is 0 Å². The number of benzene rings is 1. The molecule has 4 heterocycles. The molecule has 10 heteroatoms. The highest BCUT2D eigenvalue weighted by atomic mass is 79.9. The highest BCUT2D eigenvalue weighted by Crippen LogP contribution is 2.50. The fourth-order valence-electron chi connectivity index (χ4n) is 5.56. The highest BCUT2D eigenvalue weighted by Gasteiger charge is 2.58. The first-order valence-electron chi connectivity index (χ1n) is 11.7. The van der Waals surface area contributed by atoms with Crippen LogP contribution in [0, 0.1) is 30.0 Å². The first-order chi connectivity index (χ1) is 16.5. The van der Waals surface area contributed by atoms with Crippen LogP contribution in [0.25, 0.3) is 10.9 Å². The molecule has 0 radical (unpaired) electrons. The molecule has 8 nitrogen and oxygen atoms in total. The van der Waals surface area contributed by atoms with Crippen LogP contribution >= 0.6 is 15.9 Å². The van der Waals surface area contributed by atoms with E-state index in [2.05, 4.69) is 32.3 Å². The van der Waals surface area contributed by atoms with Crippen LogP contribution in [0.4, 0.5) is 20.6 Å². The monoisotopic (exact) mass is 543 g/mol. The Kier molecular flexibility index (Phi) is 5.66. The average Bonchev–Trinajstić information content (AvgIpc) is 3.36. The Hall–Kier alpha value is -2.93. The highest BCUT2D eigenvalue weighted by molar-refractivity contribution is 9.10. The van der Waals surface area contributed by atoms with Crippen molar-refractivity contribution in [3.8, 4) is 6.07 Å². The van der Waals surface area contributed by atoms with E-state index in [4.69, 9.17) is 10.00 Å². The SMILES string of the molecule is Cc1nc2c(F)c(Br)c(CCC#N)cc2c2c1NC(=O)CN2C1C2CC1N(C(=O)OC(C)(C)C)C2. The van der Waals surface area contributed by atoms with E-state index in [-0.39, 0.29) is 48.5 Å². The fourth-order valence-corrected chi connectivity index (χ4v) is 6.06. The third-order valence-corrected chi connectivity index (χ3v) is 7.86. The first-order valence-corrected chi connectivity index (χ1v) is 12.5. The number of fused-ring (bicyclic) bond motifs is 4. The van der Waals surface area contributed by atoms with Crippen molar-refractivity contribution < 1.29 is 18.7 Å². The fraction of sp³-hybridized carbons (Fsp3) is 0.520. The summed E-state index contributed by atoms with van der Waals surface area (Å²) < 4.78 is 21.4. The second kappa shape index (κ2) is 8.33. The van der Waals surface area contributed by atoms with Gasteiger partial charge in [0, 0.05) is 24.3 Å². The number of hydrogen-bond acceptors (Lipinski definition) is 6. The summed E-state index contributed by atoms with van der Waals surface area (Å²) in [6.07, 6.45) is 1.13. The standard InChI is InChI=1S/C25H27BrFN5O3/c1-12-20-23(15-8-13(6-5-7-28)18(26)19(27)21(15)29-12)32(11-17(33)30-20)22-14-9-16(22)31(10-14)24(34)35-25(2,3)4/h8,14,16,22H,5-6,9-11H2,1-4H3,(H,30,33). The van der Waals surface area contributed by atoms with Gasteiger partial charge in [-0.3, -0.25) is 4.79 Å². The molecule has 0 spiro atoms. The van der Waals surface area contributed by atoms with E-state index in [0.29, 0.717) is 39.8 Å². The van der Waals surface area contributed by atoms with Crippen molar-refractivity contribution >= 4 is 50.2 Å². The molecule has 2 saturated heterocycles. The lowest BCUT2D eigenvalue weighted by molar-refractivity contribution is -0.115. The van der Waals surface area contributed by atoms with Crippen LogP contribution in [0.3, 0.4) is 0 Å². The Morgan fingerprint density at radius 3 is 2.86 bits per heavy atom. The Morgan fingerprint density at radius 1 is 1.43 bits per heavy atom. The Labute approximate surface area is 211 Å². The summed E-state index contributed by atoms with van der Waals surface area (Å²) in [7, 11) is 0. The number of nitrogens with zero attached hydrogens (tertiary/aromatic N) is 4. The average molecular weight is 544 g/mol. The van der Waals surface area contributed by atoms with E-state index in [0.717, 1.165) is 12.1 Å². The maximum Gasteiger partial charge on any atom is 0.410 e. The van der Waals surface area contributed by atoms with Crippen molar-refractivity contribution in [2.45, 2.75) is 64.6 Å². The summed E-state index contributed by atoms with van der Waals surface area (Å²) in [5.41, 5.74) is 2.11. The summed E-state index contributed by atoms with van der Waals surface area (Å²) in [5.74, 6) is -0.461. The van der Waals surface area contributed by atoms with Gasteiger partial charge in [-0.2, -0.15) is 5.26 Å². The number of halogens is 2. The number of nitriles is 1. The van der Waals surface area contributed by atoms with Crippen molar-refractivity contribution in [2.24, 2.45) is 5.92 Å². The van der Waals surface area contributed by atoms with E-state index in [9.17, 15) is 9.59 Å². The Balaban J connectivity index is 1.60. The van der Waals surface area contributed by atoms with Crippen LogP contribution < -0.4 is 10.2 Å². The molecule has 2 bridgehead atoms. The third-order valence-electron chi connectivity index (χ3n) is 7.00. The van der Waals surface area contributed by atoms with Crippen molar-refractivity contribution in [1.29, 1.82) is 5.26 Å². The zero-order valence-corrected chi connectivity index (χ0v) is 21.7. The number of aromatic nitrogens is 1. The van der Waals surface area contributed by atoms with Crippen LogP contribution in [0.5, 0.6) is 0 Å². The van der Waals surface area contributed by atoms with Gasteiger partial charge in [0.2, 0.25) is 5.91 Å². The lowest BCUT2D eigenvalue weighted by atomic mass is 9.78. The second-order valence-corrected chi connectivity index (χ2v) is 11.3. The van der Waals surface area contributed by atoms with E-state index in [1.807, 2.05) is 31.7 Å². The van der Waals surface area contributed by atoms with Gasteiger partial charge in [-0.25, -0.2) is 14.2 Å². The van der Waals surface area contributed by atoms with Gasteiger partial charge in [-0.1, -0.05) is 0 Å². The molecule has 3 atom stereocenters. The molecule has 2 amide bonds. The molecule has 3 aliphatic heterocycles. The molecule has 2 aromatic rings. The van der Waals surface area contributed by atoms with Crippen LogP contribution in [-0.4, -0.2) is 52.7 Å². The van der Waals surface area contributed by atoms with Crippen molar-refractivity contribution in [3.05, 3.63) is 27.6 Å². The Bertz CT molecular complexity index is 1300. The number of hydrogen-bond donors (Lipinski definition) is 1. The zero-order valence-electron chi connectivity index (χ0n) is 20.1. The van der Waals surface area contributed by atoms with E-state index < -0.39 is 11.4 Å². The first kappa shape index (κ1) is 23.8. The molecule has 184 valence electrons. The van der Waals surface area contributed by atoms with Gasteiger partial charge in [0.25, 0.3) is 0 Å². The minimum atomic E-state index is -0.596. The zero-order chi connectivity index (χ0) is 25.2. The quantitative estimate of drug-likeness (QED) is 0.604. The Morgan fingerprint density at radius 2 is 2.17 bits per heavy atom. The number of pyridine rings is 1. The van der Waals surface area contributed by atoms with Crippen LogP contribution in [0.2, 0.25) is 0 Å². The molecule has 1 aromatic heterocycles. The van der Waals surface area contributed by atoms with Crippen molar-refractivity contribution in [1.82, 2.24) is 9.88 Å². The maximum atomic E-state index is 15.5. The topological polar surface area (TPSA) is 98.6 Å². The molecule has 1 aliphatic carbocycles. The number of rotatable bonds is 3. The summed E-state index contributed by atoms with van der Waals surface area (Å²) in [5, 5.41) is 12.6. The van der Waals surface area contributed by atoms with Crippen LogP contribution in [-0.2, 0) is 16.0 Å². The number of carbonyl (C=O) groups excluding carboxylic acids is 2. The molecule has 3 fully saturated rings. The molecule has 35 heavy (non-hydrogen) atoms. The van der Waals surface area contributed by atoms with E-state index >= 15 is 4.39 Å². The van der Waals surface area contributed by atoms with Gasteiger partial charge in [0.05, 0.1) is 46.2 Å². The van der Waals surface area contributed by atoms with Gasteiger partial charge in [0.1, 0.15) is 11.1 Å². The summed E-state index contributed by atoms with van der Waals surface area (Å²) in [6, 6.07) is 3.81. The predicted molar refractivity (Wildman–Crippen MR) is 133 cm³/mol. The van der Waals surface area contributed by atoms with Crippen LogP contribution in [0.1, 0.15) is 44.9 Å². The van der Waals surface area contributed by atoms with Gasteiger partial charge in [-0.05, 0) is 68.1 Å². The molecule has 4 aliphatic rings. The molecule has 3 unspecified atom stereocenters. The van der Waals surface area contributed by atoms with Crippen molar-refractivity contribution in [2.75, 3.05) is 23.3 Å². The number of carbonyl (C=O) groups is 2. The normalized spacial score (nSPS) is 23.0. The molecule has 1 aromatic carbocycles. The minimum Gasteiger partial charge on any atom is -0.444 e. The summed E-state index contributed by atoms with van der Waals surface area (Å²) in [4.78, 5) is 33.8. The maximum absolute atomic E-state index is 15.5. The smallest absolute Gasteiger partial charge is 0.410 e. The number of anilines is 2. The van der Waals surface area contributed by atoms with Gasteiger partial charge in [0.15, 0.2) is 5.82 Å². The molecular weight excluding hydrogens is 517 g/mol. The lowest BCUT2D eigenvalue weighted by Crippen LogP contribution is -2.59. The number of aryl methyl sites for hydroxylation is 2. The van der Waals surface area contributed by atoms with Crippen molar-refractivity contribution in [3.63, 3.8) is 0 Å². The third kappa shape index (κ3) is 3.90. The predicted octanol–water partition coefficient (Wildman–Crippen LogP) is 4.67. The lowest BCUT2D eigenvalue weighted by Gasteiger charge is -2.47. The molecular formula is C25H27BrFN5O3. The molecule has 1 N–H and O–H groups in total. The van der Waals surface area contributed by atoms with Gasteiger partial charge < -0.3 is 19.9 Å². The van der Waals surface area contributed by atoms with Gasteiger partial charge >= 0.3 is 6.09 Å². The van der Waals surface area contributed by atoms with Crippen LogP contribution in [0.15, 0.2) is 10.5 Å². The number of nitrogens with one attached hydrogen (secondary N) is 1.